The van der Waals surface area contributed by atoms with Crippen molar-refractivity contribution in [1.29, 1.82) is 0 Å². The van der Waals surface area contributed by atoms with Crippen molar-refractivity contribution >= 4 is 33.0 Å². The van der Waals surface area contributed by atoms with E-state index in [9.17, 15) is 23.3 Å². The number of nitrogens with one attached hydrogen (secondary N) is 1. The summed E-state index contributed by atoms with van der Waals surface area (Å²) in [6, 6.07) is 18.5. The molecule has 0 atom stereocenters. The van der Waals surface area contributed by atoms with E-state index >= 15 is 0 Å². The zero-order valence-electron chi connectivity index (χ0n) is 15.7. The third kappa shape index (κ3) is 3.62. The molecule has 0 unspecified atom stereocenters. The summed E-state index contributed by atoms with van der Waals surface area (Å²) >= 11 is 0. The number of amides is 1. The fourth-order valence-corrected chi connectivity index (χ4v) is 4.90. The van der Waals surface area contributed by atoms with Crippen molar-refractivity contribution in [3.8, 4) is 0 Å². The lowest BCUT2D eigenvalue weighted by molar-refractivity contribution is -0.384. The monoisotopic (exact) mass is 423 g/mol. The number of nitro benzene ring substituents is 1. The van der Waals surface area contributed by atoms with Gasteiger partial charge in [-0.3, -0.25) is 19.2 Å². The lowest BCUT2D eigenvalue weighted by Crippen LogP contribution is -2.29. The number of benzene rings is 3. The highest BCUT2D eigenvalue weighted by Crippen LogP contribution is 2.32. The highest BCUT2D eigenvalue weighted by atomic mass is 32.2. The first-order valence-electron chi connectivity index (χ1n) is 9.13. The van der Waals surface area contributed by atoms with Crippen LogP contribution in [0.5, 0.6) is 0 Å². The molecule has 0 saturated heterocycles. The number of hydrogen-bond donors (Lipinski definition) is 1. The molecule has 0 bridgehead atoms. The van der Waals surface area contributed by atoms with Gasteiger partial charge < -0.3 is 5.32 Å². The molecule has 0 aliphatic carbocycles. The van der Waals surface area contributed by atoms with Crippen molar-refractivity contribution in [3.05, 3.63) is 94.0 Å². The van der Waals surface area contributed by atoms with Crippen LogP contribution in [0.4, 0.5) is 17.1 Å². The molecule has 1 heterocycles. The van der Waals surface area contributed by atoms with E-state index in [1.54, 1.807) is 12.1 Å². The Morgan fingerprint density at radius 2 is 1.73 bits per heavy atom. The first kappa shape index (κ1) is 19.6. The van der Waals surface area contributed by atoms with Crippen molar-refractivity contribution in [2.75, 3.05) is 16.2 Å². The molecule has 30 heavy (non-hydrogen) atoms. The van der Waals surface area contributed by atoms with E-state index in [1.807, 2.05) is 12.1 Å². The Morgan fingerprint density at radius 1 is 1.00 bits per heavy atom. The summed E-state index contributed by atoms with van der Waals surface area (Å²) in [4.78, 5) is 22.8. The molecule has 1 N–H and O–H groups in total. The van der Waals surface area contributed by atoms with E-state index in [4.69, 9.17) is 0 Å². The predicted octanol–water partition coefficient (Wildman–Crippen LogP) is 3.60. The second-order valence-corrected chi connectivity index (χ2v) is 8.60. The van der Waals surface area contributed by atoms with E-state index in [0.29, 0.717) is 24.3 Å². The minimum absolute atomic E-state index is 0.0237. The topological polar surface area (TPSA) is 110 Å². The number of nitrogens with zero attached hydrogens (tertiary/aromatic N) is 2. The zero-order valence-corrected chi connectivity index (χ0v) is 16.5. The van der Waals surface area contributed by atoms with E-state index in [-0.39, 0.29) is 16.1 Å². The molecular weight excluding hydrogens is 406 g/mol. The normalized spacial score (nSPS) is 13.0. The first-order chi connectivity index (χ1) is 14.4. The molecule has 0 spiro atoms. The summed E-state index contributed by atoms with van der Waals surface area (Å²) in [7, 11) is -3.82. The predicted molar refractivity (Wildman–Crippen MR) is 112 cm³/mol. The largest absolute Gasteiger partial charge is 0.322 e. The molecule has 0 radical (unpaired) electrons. The Morgan fingerprint density at radius 3 is 2.47 bits per heavy atom. The minimum Gasteiger partial charge on any atom is -0.322 e. The summed E-state index contributed by atoms with van der Waals surface area (Å²) in [6.07, 6.45) is 0.635. The van der Waals surface area contributed by atoms with Gasteiger partial charge in [-0.2, -0.15) is 0 Å². The van der Waals surface area contributed by atoms with Crippen molar-refractivity contribution < 1.29 is 18.1 Å². The average Bonchev–Trinajstić information content (AvgIpc) is 3.19. The number of nitro groups is 1. The molecular formula is C21H17N3O5S. The van der Waals surface area contributed by atoms with E-state index in [1.165, 1.54) is 52.8 Å². The molecule has 9 heteroatoms. The third-order valence-electron chi connectivity index (χ3n) is 4.86. The number of sulfonamides is 1. The Hall–Kier alpha value is -3.72. The first-order valence-corrected chi connectivity index (χ1v) is 10.6. The molecule has 3 aromatic carbocycles. The van der Waals surface area contributed by atoms with Gasteiger partial charge in [-0.25, -0.2) is 8.42 Å². The van der Waals surface area contributed by atoms with Crippen LogP contribution >= 0.6 is 0 Å². The third-order valence-corrected chi connectivity index (χ3v) is 6.67. The summed E-state index contributed by atoms with van der Waals surface area (Å²) in [5, 5.41) is 13.3. The van der Waals surface area contributed by atoms with Crippen LogP contribution in [0.3, 0.4) is 0 Å². The molecule has 0 saturated carbocycles. The smallest absolute Gasteiger partial charge is 0.269 e. The summed E-state index contributed by atoms with van der Waals surface area (Å²) < 4.78 is 27.7. The second kappa shape index (κ2) is 7.60. The van der Waals surface area contributed by atoms with E-state index < -0.39 is 20.9 Å². The van der Waals surface area contributed by atoms with Gasteiger partial charge in [0.2, 0.25) is 0 Å². The molecule has 0 fully saturated rings. The van der Waals surface area contributed by atoms with Gasteiger partial charge in [0.25, 0.3) is 21.6 Å². The molecule has 8 nitrogen and oxygen atoms in total. The lowest BCUT2D eigenvalue weighted by atomic mass is 10.2. The Labute approximate surface area is 173 Å². The van der Waals surface area contributed by atoms with Crippen molar-refractivity contribution in [2.45, 2.75) is 11.3 Å². The van der Waals surface area contributed by atoms with Gasteiger partial charge in [0.15, 0.2) is 0 Å². The fraction of sp³-hybridized carbons (Fsp3) is 0.0952. The Bertz CT molecular complexity index is 1240. The molecule has 152 valence electrons. The van der Waals surface area contributed by atoms with E-state index in [2.05, 4.69) is 5.32 Å². The Balaban J connectivity index is 1.58. The second-order valence-electron chi connectivity index (χ2n) is 6.74. The van der Waals surface area contributed by atoms with Crippen LogP contribution < -0.4 is 9.62 Å². The number of carbonyl (C=O) groups excluding carboxylic acids is 1. The van der Waals surface area contributed by atoms with E-state index in [0.717, 1.165) is 5.56 Å². The van der Waals surface area contributed by atoms with Crippen LogP contribution in [0.25, 0.3) is 0 Å². The quantitative estimate of drug-likeness (QED) is 0.498. The highest BCUT2D eigenvalue weighted by molar-refractivity contribution is 7.92. The number of para-hydroxylation sites is 1. The van der Waals surface area contributed by atoms with Gasteiger partial charge in [0, 0.05) is 29.9 Å². The highest BCUT2D eigenvalue weighted by Gasteiger charge is 2.30. The van der Waals surface area contributed by atoms with Gasteiger partial charge in [0.05, 0.1) is 15.5 Å². The average molecular weight is 423 g/mol. The summed E-state index contributed by atoms with van der Waals surface area (Å²) in [5.41, 5.74) is 2.06. The molecule has 4 rings (SSSR count). The SMILES string of the molecule is O=C(Nc1ccc([N+](=O)[O-])cc1)c1cccc(S(=O)(=O)N2CCc3ccccc32)c1. The van der Waals surface area contributed by atoms with Gasteiger partial charge in [-0.1, -0.05) is 24.3 Å². The number of hydrogen-bond acceptors (Lipinski definition) is 5. The molecule has 0 aromatic heterocycles. The minimum atomic E-state index is -3.82. The standard InChI is InChI=1S/C21H17N3O5S/c25-21(22-17-8-10-18(11-9-17)24(26)27)16-5-3-6-19(14-16)30(28,29)23-13-12-15-4-1-2-7-20(15)23/h1-11,14H,12-13H2,(H,22,25). The number of fused-ring (bicyclic) bond motifs is 1. The van der Waals surface area contributed by atoms with Crippen LogP contribution in [0.15, 0.2) is 77.7 Å². The van der Waals surface area contributed by atoms with Gasteiger partial charge >= 0.3 is 0 Å². The number of carbonyl (C=O) groups is 1. The number of rotatable bonds is 5. The van der Waals surface area contributed by atoms with Gasteiger partial charge in [-0.05, 0) is 48.4 Å². The van der Waals surface area contributed by atoms with Gasteiger partial charge in [0.1, 0.15) is 0 Å². The molecule has 3 aromatic rings. The van der Waals surface area contributed by atoms with Crippen LogP contribution in [0.1, 0.15) is 15.9 Å². The number of non-ortho nitro benzene ring substituents is 1. The zero-order chi connectivity index (χ0) is 21.3. The Kier molecular flexibility index (Phi) is 4.96. The number of anilines is 2. The van der Waals surface area contributed by atoms with Crippen molar-refractivity contribution in [3.63, 3.8) is 0 Å². The fourth-order valence-electron chi connectivity index (χ4n) is 3.35. The molecule has 1 aliphatic heterocycles. The summed E-state index contributed by atoms with van der Waals surface area (Å²) in [6.45, 7) is 0.348. The van der Waals surface area contributed by atoms with Crippen LogP contribution in [0.2, 0.25) is 0 Å². The van der Waals surface area contributed by atoms with Crippen LogP contribution in [-0.2, 0) is 16.4 Å². The maximum atomic E-state index is 13.2. The summed E-state index contributed by atoms with van der Waals surface area (Å²) in [5.74, 6) is -0.511. The molecule has 1 amide bonds. The lowest BCUT2D eigenvalue weighted by Gasteiger charge is -2.20. The molecule has 1 aliphatic rings. The maximum Gasteiger partial charge on any atom is 0.269 e. The van der Waals surface area contributed by atoms with Crippen molar-refractivity contribution in [1.82, 2.24) is 0 Å². The van der Waals surface area contributed by atoms with Crippen LogP contribution in [-0.4, -0.2) is 25.8 Å². The maximum absolute atomic E-state index is 13.2. The van der Waals surface area contributed by atoms with Crippen LogP contribution in [0, 0.1) is 10.1 Å². The van der Waals surface area contributed by atoms with Gasteiger partial charge in [-0.15, -0.1) is 0 Å². The van der Waals surface area contributed by atoms with Crippen molar-refractivity contribution in [2.24, 2.45) is 0 Å².